The molecule has 0 bridgehead atoms. The van der Waals surface area contributed by atoms with E-state index >= 15 is 0 Å². The summed E-state index contributed by atoms with van der Waals surface area (Å²) in [6, 6.07) is 1.34. The summed E-state index contributed by atoms with van der Waals surface area (Å²) in [5, 5.41) is 0. The molecule has 0 radical (unpaired) electrons. The van der Waals surface area contributed by atoms with Gasteiger partial charge in [0.05, 0.1) is 11.4 Å². The number of aromatic amines is 1. The van der Waals surface area contributed by atoms with Crippen LogP contribution in [0, 0.1) is 0 Å². The lowest BCUT2D eigenvalue weighted by Gasteiger charge is -1.96. The number of halogens is 1. The van der Waals surface area contributed by atoms with Crippen LogP contribution >= 0.6 is 11.6 Å². The number of aromatic nitrogens is 1. The van der Waals surface area contributed by atoms with E-state index in [0.29, 0.717) is 5.69 Å². The number of rotatable bonds is 2. The third kappa shape index (κ3) is 1.74. The zero-order valence-electron chi connectivity index (χ0n) is 6.56. The molecule has 1 aromatic heterocycles. The van der Waals surface area contributed by atoms with Crippen molar-refractivity contribution in [2.24, 2.45) is 0 Å². The molecule has 0 aliphatic rings. The van der Waals surface area contributed by atoms with Gasteiger partial charge in [-0.3, -0.25) is 9.59 Å². The topological polar surface area (TPSA) is 49.9 Å². The molecule has 0 unspecified atom stereocenters. The number of alkyl halides is 1. The Bertz CT molecular complexity index is 356. The molecule has 3 nitrogen and oxygen atoms in total. The molecule has 0 aliphatic heterocycles. The number of hydrogen-bond acceptors (Lipinski definition) is 2. The van der Waals surface area contributed by atoms with Crippen molar-refractivity contribution in [1.29, 1.82) is 0 Å². The van der Waals surface area contributed by atoms with Crippen molar-refractivity contribution in [3.63, 3.8) is 0 Å². The molecule has 0 spiro atoms. The summed E-state index contributed by atoms with van der Waals surface area (Å²) < 4.78 is 0. The molecular formula is C8H8ClNO2. The van der Waals surface area contributed by atoms with Crippen LogP contribution in [-0.4, -0.2) is 10.8 Å². The van der Waals surface area contributed by atoms with Gasteiger partial charge in [0.15, 0.2) is 11.2 Å². The first-order chi connectivity index (χ1) is 5.65. The molecule has 1 N–H and O–H groups in total. The van der Waals surface area contributed by atoms with Crippen LogP contribution in [0.1, 0.15) is 23.0 Å². The second-order valence-corrected chi connectivity index (χ2v) is 2.69. The lowest BCUT2D eigenvalue weighted by molar-refractivity contribution is 0.101. The standard InChI is InChI=1S/C8H8ClNO2/c1-5(11)7-4-10-6(3-9)2-8(7)12/h2,4H,3H2,1H3,(H,10,12). The highest BCUT2D eigenvalue weighted by molar-refractivity contribution is 6.16. The molecule has 0 saturated heterocycles. The first kappa shape index (κ1) is 9.00. The molecule has 1 aromatic rings. The van der Waals surface area contributed by atoms with Gasteiger partial charge in [0.25, 0.3) is 0 Å². The quantitative estimate of drug-likeness (QED) is 0.558. The third-order valence-corrected chi connectivity index (χ3v) is 1.78. The Labute approximate surface area is 74.4 Å². The molecule has 0 amide bonds. The van der Waals surface area contributed by atoms with E-state index in [0.717, 1.165) is 0 Å². The monoisotopic (exact) mass is 185 g/mol. The van der Waals surface area contributed by atoms with Gasteiger partial charge in [-0.2, -0.15) is 0 Å². The van der Waals surface area contributed by atoms with Gasteiger partial charge in [-0.15, -0.1) is 11.6 Å². The predicted octanol–water partition coefficient (Wildman–Crippen LogP) is 1.32. The number of ketones is 1. The fraction of sp³-hybridized carbons (Fsp3) is 0.250. The van der Waals surface area contributed by atoms with Crippen molar-refractivity contribution in [3.8, 4) is 0 Å². The highest BCUT2D eigenvalue weighted by Gasteiger charge is 2.04. The van der Waals surface area contributed by atoms with Gasteiger partial charge in [-0.05, 0) is 6.92 Å². The molecule has 64 valence electrons. The summed E-state index contributed by atoms with van der Waals surface area (Å²) in [5.41, 5.74) is 0.507. The van der Waals surface area contributed by atoms with Crippen LogP contribution < -0.4 is 5.43 Å². The summed E-state index contributed by atoms with van der Waals surface area (Å²) in [4.78, 5) is 24.7. The minimum absolute atomic E-state index is 0.170. The maximum absolute atomic E-state index is 11.1. The first-order valence-electron chi connectivity index (χ1n) is 3.43. The maximum atomic E-state index is 11.1. The van der Waals surface area contributed by atoms with Crippen molar-refractivity contribution >= 4 is 17.4 Å². The van der Waals surface area contributed by atoms with Crippen molar-refractivity contribution in [1.82, 2.24) is 4.98 Å². The van der Waals surface area contributed by atoms with Gasteiger partial charge in [-0.25, -0.2) is 0 Å². The Hall–Kier alpha value is -1.09. The third-order valence-electron chi connectivity index (χ3n) is 1.50. The average molecular weight is 186 g/mol. The highest BCUT2D eigenvalue weighted by Crippen LogP contribution is 1.97. The second kappa shape index (κ2) is 3.54. The van der Waals surface area contributed by atoms with Crippen LogP contribution in [0.5, 0.6) is 0 Å². The van der Waals surface area contributed by atoms with Crippen LogP contribution in [0.15, 0.2) is 17.1 Å². The van der Waals surface area contributed by atoms with Crippen LogP contribution in [0.2, 0.25) is 0 Å². The summed E-state index contributed by atoms with van der Waals surface area (Å²) in [6.45, 7) is 1.35. The fourth-order valence-corrected chi connectivity index (χ4v) is 1.02. The molecule has 0 atom stereocenters. The van der Waals surface area contributed by atoms with Crippen LogP contribution in [-0.2, 0) is 5.88 Å². The first-order valence-corrected chi connectivity index (χ1v) is 3.97. The van der Waals surface area contributed by atoms with Crippen LogP contribution in [0.4, 0.5) is 0 Å². The number of Topliss-reactive ketones (excluding diaryl/α,β-unsaturated/α-hetero) is 1. The number of carbonyl (C=O) groups is 1. The number of pyridine rings is 1. The van der Waals surface area contributed by atoms with Gasteiger partial charge < -0.3 is 4.98 Å². The smallest absolute Gasteiger partial charge is 0.192 e. The Morgan fingerprint density at radius 3 is 2.75 bits per heavy atom. The van der Waals surface area contributed by atoms with E-state index in [-0.39, 0.29) is 22.7 Å². The van der Waals surface area contributed by atoms with Crippen molar-refractivity contribution in [2.75, 3.05) is 0 Å². The lowest BCUT2D eigenvalue weighted by Crippen LogP contribution is -2.13. The largest absolute Gasteiger partial charge is 0.363 e. The fourth-order valence-electron chi connectivity index (χ4n) is 0.866. The summed E-state index contributed by atoms with van der Waals surface area (Å²) >= 11 is 5.48. The normalized spacial score (nSPS) is 9.83. The van der Waals surface area contributed by atoms with E-state index in [1.54, 1.807) is 0 Å². The van der Waals surface area contributed by atoms with E-state index < -0.39 is 0 Å². The summed E-state index contributed by atoms with van der Waals surface area (Å²) in [5.74, 6) is 0.00493. The minimum Gasteiger partial charge on any atom is -0.363 e. The van der Waals surface area contributed by atoms with E-state index in [1.807, 2.05) is 0 Å². The van der Waals surface area contributed by atoms with Gasteiger partial charge in [-0.1, -0.05) is 0 Å². The molecule has 0 fully saturated rings. The average Bonchev–Trinajstić information content (AvgIpc) is 2.03. The van der Waals surface area contributed by atoms with E-state index in [2.05, 4.69) is 4.98 Å². The minimum atomic E-state index is -0.281. The van der Waals surface area contributed by atoms with Gasteiger partial charge in [0.2, 0.25) is 0 Å². The Morgan fingerprint density at radius 1 is 1.67 bits per heavy atom. The molecule has 0 aromatic carbocycles. The SMILES string of the molecule is CC(=O)c1c[nH]c(CCl)cc1=O. The van der Waals surface area contributed by atoms with Gasteiger partial charge in [0, 0.05) is 18.0 Å². The van der Waals surface area contributed by atoms with E-state index in [4.69, 9.17) is 11.6 Å². The summed E-state index contributed by atoms with van der Waals surface area (Å²) in [7, 11) is 0. The molecule has 1 rings (SSSR count). The highest BCUT2D eigenvalue weighted by atomic mass is 35.5. The van der Waals surface area contributed by atoms with Gasteiger partial charge >= 0.3 is 0 Å². The number of H-pyrrole nitrogens is 1. The zero-order chi connectivity index (χ0) is 9.14. The van der Waals surface area contributed by atoms with Gasteiger partial charge in [0.1, 0.15) is 0 Å². The number of carbonyl (C=O) groups excluding carboxylic acids is 1. The number of hydrogen-bond donors (Lipinski definition) is 1. The van der Waals surface area contributed by atoms with E-state index in [1.165, 1.54) is 19.2 Å². The van der Waals surface area contributed by atoms with Crippen LogP contribution in [0.25, 0.3) is 0 Å². The second-order valence-electron chi connectivity index (χ2n) is 2.43. The molecule has 12 heavy (non-hydrogen) atoms. The van der Waals surface area contributed by atoms with E-state index in [9.17, 15) is 9.59 Å². The molecule has 0 saturated carbocycles. The Kier molecular flexibility index (Phi) is 2.65. The summed E-state index contributed by atoms with van der Waals surface area (Å²) in [6.07, 6.45) is 1.39. The predicted molar refractivity (Wildman–Crippen MR) is 46.6 cm³/mol. The molecule has 0 aliphatic carbocycles. The van der Waals surface area contributed by atoms with Crippen LogP contribution in [0.3, 0.4) is 0 Å². The van der Waals surface area contributed by atoms with Crippen molar-refractivity contribution in [2.45, 2.75) is 12.8 Å². The molecule has 4 heteroatoms. The Balaban J connectivity index is 3.21. The van der Waals surface area contributed by atoms with Crippen molar-refractivity contribution < 1.29 is 4.79 Å². The lowest BCUT2D eigenvalue weighted by atomic mass is 10.2. The maximum Gasteiger partial charge on any atom is 0.192 e. The zero-order valence-corrected chi connectivity index (χ0v) is 7.31. The Morgan fingerprint density at radius 2 is 2.33 bits per heavy atom. The molecule has 1 heterocycles. The van der Waals surface area contributed by atoms with Crippen molar-refractivity contribution in [3.05, 3.63) is 33.7 Å². The molecular weight excluding hydrogens is 178 g/mol. The number of nitrogens with one attached hydrogen (secondary N) is 1.